The van der Waals surface area contributed by atoms with Gasteiger partial charge < -0.3 is 10.6 Å². The maximum absolute atomic E-state index is 5.79. The molecule has 1 aromatic carbocycles. The van der Waals surface area contributed by atoms with E-state index in [2.05, 4.69) is 43.9 Å². The van der Waals surface area contributed by atoms with Crippen molar-refractivity contribution in [2.24, 2.45) is 5.73 Å². The second kappa shape index (κ2) is 3.86. The summed E-state index contributed by atoms with van der Waals surface area (Å²) in [5, 5.41) is 0. The Morgan fingerprint density at radius 2 is 2.20 bits per heavy atom. The molecule has 0 fully saturated rings. The van der Waals surface area contributed by atoms with Crippen LogP contribution < -0.4 is 10.6 Å². The number of rotatable bonds is 2. The lowest BCUT2D eigenvalue weighted by atomic mass is 9.97. The van der Waals surface area contributed by atoms with Gasteiger partial charge in [-0.2, -0.15) is 0 Å². The third kappa shape index (κ3) is 1.63. The normalized spacial score (nSPS) is 19.8. The SMILES string of the molecule is CC1CN(C(C)C)c2cccc(CN)c21. The molecule has 15 heavy (non-hydrogen) atoms. The van der Waals surface area contributed by atoms with Gasteiger partial charge in [0.1, 0.15) is 0 Å². The molecule has 2 nitrogen and oxygen atoms in total. The molecule has 2 heteroatoms. The lowest BCUT2D eigenvalue weighted by Gasteiger charge is -2.24. The molecule has 0 saturated heterocycles. The fraction of sp³-hybridized carbons (Fsp3) is 0.538. The maximum Gasteiger partial charge on any atom is 0.0407 e. The second-order valence-corrected chi connectivity index (χ2v) is 4.70. The third-order valence-electron chi connectivity index (χ3n) is 3.29. The van der Waals surface area contributed by atoms with Crippen molar-refractivity contribution in [2.75, 3.05) is 11.4 Å². The average Bonchev–Trinajstić information content (AvgIpc) is 2.56. The Kier molecular flexibility index (Phi) is 2.70. The Bertz CT molecular complexity index is 358. The lowest BCUT2D eigenvalue weighted by Crippen LogP contribution is -2.28. The molecular weight excluding hydrogens is 184 g/mol. The van der Waals surface area contributed by atoms with Crippen molar-refractivity contribution < 1.29 is 0 Å². The zero-order chi connectivity index (χ0) is 11.0. The first kappa shape index (κ1) is 10.5. The monoisotopic (exact) mass is 204 g/mol. The van der Waals surface area contributed by atoms with E-state index in [1.165, 1.54) is 16.8 Å². The first-order chi connectivity index (χ1) is 7.15. The smallest absolute Gasteiger partial charge is 0.0407 e. The van der Waals surface area contributed by atoms with Crippen molar-refractivity contribution in [1.82, 2.24) is 0 Å². The molecule has 0 aliphatic carbocycles. The van der Waals surface area contributed by atoms with Crippen LogP contribution in [0, 0.1) is 0 Å². The maximum atomic E-state index is 5.79. The predicted molar refractivity (Wildman–Crippen MR) is 65.2 cm³/mol. The fourth-order valence-corrected chi connectivity index (χ4v) is 2.57. The summed E-state index contributed by atoms with van der Waals surface area (Å²) >= 11 is 0. The molecule has 82 valence electrons. The second-order valence-electron chi connectivity index (χ2n) is 4.70. The van der Waals surface area contributed by atoms with Crippen molar-refractivity contribution >= 4 is 5.69 Å². The fourth-order valence-electron chi connectivity index (χ4n) is 2.57. The standard InChI is InChI=1S/C13H20N2/c1-9(2)15-8-10(3)13-11(7-14)5-4-6-12(13)15/h4-6,9-10H,7-8,14H2,1-3H3. The highest BCUT2D eigenvalue weighted by Gasteiger charge is 2.28. The highest BCUT2D eigenvalue weighted by Crippen LogP contribution is 2.39. The van der Waals surface area contributed by atoms with E-state index < -0.39 is 0 Å². The van der Waals surface area contributed by atoms with Gasteiger partial charge in [0.15, 0.2) is 0 Å². The van der Waals surface area contributed by atoms with Gasteiger partial charge in [0.2, 0.25) is 0 Å². The lowest BCUT2D eigenvalue weighted by molar-refractivity contribution is 0.668. The highest BCUT2D eigenvalue weighted by molar-refractivity contribution is 5.63. The number of hydrogen-bond donors (Lipinski definition) is 1. The number of hydrogen-bond acceptors (Lipinski definition) is 2. The van der Waals surface area contributed by atoms with Crippen molar-refractivity contribution in [1.29, 1.82) is 0 Å². The summed E-state index contributed by atoms with van der Waals surface area (Å²) in [6.07, 6.45) is 0. The summed E-state index contributed by atoms with van der Waals surface area (Å²) in [6.45, 7) is 8.57. The van der Waals surface area contributed by atoms with E-state index in [9.17, 15) is 0 Å². The van der Waals surface area contributed by atoms with Gasteiger partial charge in [0, 0.05) is 30.7 Å². The van der Waals surface area contributed by atoms with Gasteiger partial charge in [0.05, 0.1) is 0 Å². The molecule has 0 spiro atoms. The average molecular weight is 204 g/mol. The Morgan fingerprint density at radius 1 is 1.47 bits per heavy atom. The number of nitrogens with two attached hydrogens (primary N) is 1. The van der Waals surface area contributed by atoms with Crippen LogP contribution in [-0.2, 0) is 6.54 Å². The van der Waals surface area contributed by atoms with Crippen molar-refractivity contribution in [3.05, 3.63) is 29.3 Å². The van der Waals surface area contributed by atoms with E-state index in [-0.39, 0.29) is 0 Å². The van der Waals surface area contributed by atoms with E-state index in [0.717, 1.165) is 6.54 Å². The Hall–Kier alpha value is -1.02. The van der Waals surface area contributed by atoms with Crippen LogP contribution in [0.4, 0.5) is 5.69 Å². The quantitative estimate of drug-likeness (QED) is 0.802. The predicted octanol–water partition coefficient (Wildman–Crippen LogP) is 2.48. The van der Waals surface area contributed by atoms with Gasteiger partial charge in [-0.05, 0) is 31.0 Å². The van der Waals surface area contributed by atoms with Crippen molar-refractivity contribution in [3.8, 4) is 0 Å². The topological polar surface area (TPSA) is 29.3 Å². The van der Waals surface area contributed by atoms with E-state index in [1.807, 2.05) is 0 Å². The molecule has 1 heterocycles. The molecule has 0 saturated carbocycles. The molecule has 0 amide bonds. The molecule has 0 aromatic heterocycles. The molecule has 1 aliphatic heterocycles. The zero-order valence-electron chi connectivity index (χ0n) is 9.83. The highest BCUT2D eigenvalue weighted by atomic mass is 15.2. The molecule has 1 aromatic rings. The number of benzene rings is 1. The summed E-state index contributed by atoms with van der Waals surface area (Å²) in [5.41, 5.74) is 9.95. The molecule has 0 radical (unpaired) electrons. The largest absolute Gasteiger partial charge is 0.368 e. The molecule has 0 bridgehead atoms. The molecule has 1 atom stereocenters. The number of fused-ring (bicyclic) bond motifs is 1. The van der Waals surface area contributed by atoms with Gasteiger partial charge in [-0.3, -0.25) is 0 Å². The number of nitrogens with zero attached hydrogens (tertiary/aromatic N) is 1. The summed E-state index contributed by atoms with van der Waals surface area (Å²) in [6, 6.07) is 7.06. The van der Waals surface area contributed by atoms with Crippen LogP contribution in [0.2, 0.25) is 0 Å². The van der Waals surface area contributed by atoms with Gasteiger partial charge in [-0.25, -0.2) is 0 Å². The minimum atomic E-state index is 0.571. The van der Waals surface area contributed by atoms with Crippen LogP contribution in [-0.4, -0.2) is 12.6 Å². The van der Waals surface area contributed by atoms with Gasteiger partial charge in [0.25, 0.3) is 0 Å². The molecular formula is C13H20N2. The summed E-state index contributed by atoms with van der Waals surface area (Å²) in [7, 11) is 0. The molecule has 1 aliphatic rings. The van der Waals surface area contributed by atoms with Crippen LogP contribution >= 0.6 is 0 Å². The van der Waals surface area contributed by atoms with Crippen LogP contribution in [0.1, 0.15) is 37.8 Å². The van der Waals surface area contributed by atoms with Crippen LogP contribution in [0.5, 0.6) is 0 Å². The summed E-state index contributed by atoms with van der Waals surface area (Å²) in [5.74, 6) is 0.613. The van der Waals surface area contributed by atoms with Crippen LogP contribution in [0.15, 0.2) is 18.2 Å². The minimum Gasteiger partial charge on any atom is -0.368 e. The molecule has 2 rings (SSSR count). The Morgan fingerprint density at radius 3 is 2.80 bits per heavy atom. The van der Waals surface area contributed by atoms with E-state index in [4.69, 9.17) is 5.73 Å². The van der Waals surface area contributed by atoms with Gasteiger partial charge >= 0.3 is 0 Å². The molecule has 1 unspecified atom stereocenters. The summed E-state index contributed by atoms with van der Waals surface area (Å²) in [4.78, 5) is 2.47. The third-order valence-corrected chi connectivity index (χ3v) is 3.29. The van der Waals surface area contributed by atoms with Crippen molar-refractivity contribution in [2.45, 2.75) is 39.3 Å². The Balaban J connectivity index is 2.49. The van der Waals surface area contributed by atoms with Crippen molar-refractivity contribution in [3.63, 3.8) is 0 Å². The van der Waals surface area contributed by atoms with Crippen LogP contribution in [0.25, 0.3) is 0 Å². The summed E-state index contributed by atoms with van der Waals surface area (Å²) < 4.78 is 0. The first-order valence-electron chi connectivity index (χ1n) is 5.73. The van der Waals surface area contributed by atoms with Gasteiger partial charge in [-0.15, -0.1) is 0 Å². The van der Waals surface area contributed by atoms with E-state index in [1.54, 1.807) is 0 Å². The van der Waals surface area contributed by atoms with E-state index in [0.29, 0.717) is 18.5 Å². The van der Waals surface area contributed by atoms with Crippen LogP contribution in [0.3, 0.4) is 0 Å². The Labute approximate surface area is 92.1 Å². The minimum absolute atomic E-state index is 0.571. The van der Waals surface area contributed by atoms with Gasteiger partial charge in [-0.1, -0.05) is 19.1 Å². The zero-order valence-corrected chi connectivity index (χ0v) is 9.83. The molecule has 2 N–H and O–H groups in total. The number of anilines is 1. The first-order valence-corrected chi connectivity index (χ1v) is 5.73. The van der Waals surface area contributed by atoms with E-state index >= 15 is 0 Å².